The van der Waals surface area contributed by atoms with E-state index in [1.807, 2.05) is 12.1 Å². The Labute approximate surface area is 131 Å². The van der Waals surface area contributed by atoms with Gasteiger partial charge in [0.1, 0.15) is 10.7 Å². The predicted octanol–water partition coefficient (Wildman–Crippen LogP) is 2.25. The van der Waals surface area contributed by atoms with E-state index in [4.69, 9.17) is 22.7 Å². The van der Waals surface area contributed by atoms with Crippen LogP contribution in [-0.4, -0.2) is 23.5 Å². The summed E-state index contributed by atoms with van der Waals surface area (Å²) < 4.78 is 5.55. The first-order chi connectivity index (χ1) is 9.99. The normalized spacial score (nSPS) is 24.6. The van der Waals surface area contributed by atoms with Crippen molar-refractivity contribution in [3.63, 3.8) is 0 Å². The van der Waals surface area contributed by atoms with Crippen LogP contribution in [0.2, 0.25) is 0 Å². The van der Waals surface area contributed by atoms with E-state index in [2.05, 4.69) is 19.2 Å². The highest BCUT2D eigenvalue weighted by atomic mass is 32.1. The molecular weight excluding hydrogens is 284 g/mol. The number of carbonyl (C=O) groups is 1. The number of hydrogen-bond acceptors (Lipinski definition) is 3. The van der Waals surface area contributed by atoms with Gasteiger partial charge >= 0.3 is 0 Å². The number of para-hydroxylation sites is 1. The highest BCUT2D eigenvalue weighted by Crippen LogP contribution is 2.31. The van der Waals surface area contributed by atoms with Crippen molar-refractivity contribution < 1.29 is 9.53 Å². The number of nitrogens with one attached hydrogen (secondary N) is 1. The standard InChI is InChI=1S/C16H22N2O2S/c1-10-7-8-13(11(10)2)18-15(19)9-20-14-6-4-3-5-12(14)16(17)21/h3-6,10-11,13H,7-9H2,1-2H3,(H2,17,21)(H,18,19). The van der Waals surface area contributed by atoms with Crippen molar-refractivity contribution in [1.29, 1.82) is 0 Å². The third kappa shape index (κ3) is 3.94. The van der Waals surface area contributed by atoms with Crippen LogP contribution in [0.4, 0.5) is 0 Å². The predicted molar refractivity (Wildman–Crippen MR) is 87.3 cm³/mol. The molecule has 0 bridgehead atoms. The van der Waals surface area contributed by atoms with Crippen molar-refractivity contribution in [2.75, 3.05) is 6.61 Å². The van der Waals surface area contributed by atoms with Gasteiger partial charge in [0.25, 0.3) is 5.91 Å². The van der Waals surface area contributed by atoms with E-state index < -0.39 is 0 Å². The molecule has 0 aliphatic heterocycles. The monoisotopic (exact) mass is 306 g/mol. The molecule has 3 atom stereocenters. The first-order valence-electron chi connectivity index (χ1n) is 7.30. The molecule has 1 amide bonds. The quantitative estimate of drug-likeness (QED) is 0.819. The Morgan fingerprint density at radius 1 is 1.38 bits per heavy atom. The summed E-state index contributed by atoms with van der Waals surface area (Å²) in [6.45, 7) is 4.40. The maximum absolute atomic E-state index is 12.0. The van der Waals surface area contributed by atoms with Crippen LogP contribution in [0.25, 0.3) is 0 Å². The molecule has 1 aromatic rings. The minimum absolute atomic E-state index is 0.0166. The average Bonchev–Trinajstić information content (AvgIpc) is 2.77. The smallest absolute Gasteiger partial charge is 0.258 e. The second kappa shape index (κ2) is 6.89. The molecule has 0 spiro atoms. The minimum Gasteiger partial charge on any atom is -0.483 e. The van der Waals surface area contributed by atoms with Crippen LogP contribution in [0.1, 0.15) is 32.3 Å². The van der Waals surface area contributed by atoms with E-state index >= 15 is 0 Å². The summed E-state index contributed by atoms with van der Waals surface area (Å²) in [6.07, 6.45) is 2.20. The summed E-state index contributed by atoms with van der Waals surface area (Å²) in [5, 5.41) is 3.05. The van der Waals surface area contributed by atoms with Gasteiger partial charge in [-0.15, -0.1) is 0 Å². The molecule has 1 aliphatic carbocycles. The molecular formula is C16H22N2O2S. The fourth-order valence-corrected chi connectivity index (χ4v) is 2.92. The van der Waals surface area contributed by atoms with Gasteiger partial charge in [-0.2, -0.15) is 0 Å². The summed E-state index contributed by atoms with van der Waals surface area (Å²) in [7, 11) is 0. The molecule has 1 fully saturated rings. The van der Waals surface area contributed by atoms with Crippen molar-refractivity contribution in [2.45, 2.75) is 32.7 Å². The number of nitrogens with two attached hydrogens (primary N) is 1. The van der Waals surface area contributed by atoms with Gasteiger partial charge in [0.15, 0.2) is 6.61 Å². The maximum atomic E-state index is 12.0. The average molecular weight is 306 g/mol. The van der Waals surface area contributed by atoms with Gasteiger partial charge in [0, 0.05) is 6.04 Å². The number of rotatable bonds is 5. The number of benzene rings is 1. The van der Waals surface area contributed by atoms with Crippen LogP contribution in [0, 0.1) is 11.8 Å². The lowest BCUT2D eigenvalue weighted by atomic mass is 9.98. The molecule has 21 heavy (non-hydrogen) atoms. The first kappa shape index (κ1) is 15.8. The van der Waals surface area contributed by atoms with Crippen molar-refractivity contribution in [1.82, 2.24) is 5.32 Å². The molecule has 1 saturated carbocycles. The SMILES string of the molecule is CC1CCC(NC(=O)COc2ccccc2C(N)=S)C1C. The van der Waals surface area contributed by atoms with E-state index in [0.29, 0.717) is 23.1 Å². The van der Waals surface area contributed by atoms with Crippen LogP contribution in [0.15, 0.2) is 24.3 Å². The summed E-state index contributed by atoms with van der Waals surface area (Å²) in [4.78, 5) is 12.3. The van der Waals surface area contributed by atoms with Gasteiger partial charge in [0.05, 0.1) is 5.56 Å². The second-order valence-corrected chi connectivity index (χ2v) is 6.18. The lowest BCUT2D eigenvalue weighted by molar-refractivity contribution is -0.124. The van der Waals surface area contributed by atoms with Gasteiger partial charge in [0.2, 0.25) is 0 Å². The molecule has 114 valence electrons. The third-order valence-corrected chi connectivity index (χ3v) is 4.54. The molecule has 4 nitrogen and oxygen atoms in total. The zero-order valence-corrected chi connectivity index (χ0v) is 13.3. The molecule has 5 heteroatoms. The molecule has 0 aromatic heterocycles. The molecule has 0 saturated heterocycles. The van der Waals surface area contributed by atoms with Gasteiger partial charge in [-0.25, -0.2) is 0 Å². The van der Waals surface area contributed by atoms with E-state index in [9.17, 15) is 4.79 Å². The van der Waals surface area contributed by atoms with Crippen molar-refractivity contribution in [3.8, 4) is 5.75 Å². The Kier molecular flexibility index (Phi) is 5.17. The maximum Gasteiger partial charge on any atom is 0.258 e. The Hall–Kier alpha value is -1.62. The highest BCUT2D eigenvalue weighted by molar-refractivity contribution is 7.80. The fraction of sp³-hybridized carbons (Fsp3) is 0.500. The Morgan fingerprint density at radius 3 is 2.71 bits per heavy atom. The number of thiocarbonyl (C=S) groups is 1. The van der Waals surface area contributed by atoms with Crippen molar-refractivity contribution in [2.24, 2.45) is 17.6 Å². The van der Waals surface area contributed by atoms with Gasteiger partial charge < -0.3 is 15.8 Å². The van der Waals surface area contributed by atoms with E-state index in [-0.39, 0.29) is 23.5 Å². The van der Waals surface area contributed by atoms with Crippen LogP contribution in [-0.2, 0) is 4.79 Å². The molecule has 3 unspecified atom stereocenters. The van der Waals surface area contributed by atoms with Crippen LogP contribution >= 0.6 is 12.2 Å². The van der Waals surface area contributed by atoms with Crippen molar-refractivity contribution in [3.05, 3.63) is 29.8 Å². The van der Waals surface area contributed by atoms with E-state index in [0.717, 1.165) is 12.8 Å². The first-order valence-corrected chi connectivity index (χ1v) is 7.71. The zero-order chi connectivity index (χ0) is 15.4. The van der Waals surface area contributed by atoms with Crippen LogP contribution < -0.4 is 15.8 Å². The highest BCUT2D eigenvalue weighted by Gasteiger charge is 2.30. The summed E-state index contributed by atoms with van der Waals surface area (Å²) >= 11 is 4.97. The van der Waals surface area contributed by atoms with Gasteiger partial charge in [-0.3, -0.25) is 4.79 Å². The molecule has 3 N–H and O–H groups in total. The molecule has 2 rings (SSSR count). The fourth-order valence-electron chi connectivity index (χ4n) is 2.76. The number of amides is 1. The number of hydrogen-bond donors (Lipinski definition) is 2. The van der Waals surface area contributed by atoms with Crippen LogP contribution in [0.5, 0.6) is 5.75 Å². The van der Waals surface area contributed by atoms with Gasteiger partial charge in [-0.05, 0) is 36.8 Å². The number of carbonyl (C=O) groups excluding carboxylic acids is 1. The van der Waals surface area contributed by atoms with E-state index in [1.54, 1.807) is 12.1 Å². The minimum atomic E-state index is -0.0984. The van der Waals surface area contributed by atoms with Crippen molar-refractivity contribution >= 4 is 23.1 Å². The lowest BCUT2D eigenvalue weighted by Gasteiger charge is -2.20. The zero-order valence-electron chi connectivity index (χ0n) is 12.5. The molecule has 0 radical (unpaired) electrons. The second-order valence-electron chi connectivity index (χ2n) is 5.74. The van der Waals surface area contributed by atoms with Crippen LogP contribution in [0.3, 0.4) is 0 Å². The van der Waals surface area contributed by atoms with E-state index in [1.165, 1.54) is 0 Å². The number of ether oxygens (including phenoxy) is 1. The molecule has 1 aliphatic rings. The largest absolute Gasteiger partial charge is 0.483 e. The third-order valence-electron chi connectivity index (χ3n) is 4.32. The summed E-state index contributed by atoms with van der Waals surface area (Å²) in [5.74, 6) is 1.62. The molecule has 0 heterocycles. The topological polar surface area (TPSA) is 64.3 Å². The lowest BCUT2D eigenvalue weighted by Crippen LogP contribution is -2.40. The summed E-state index contributed by atoms with van der Waals surface area (Å²) in [5.41, 5.74) is 6.29. The Bertz CT molecular complexity index is 533. The summed E-state index contributed by atoms with van der Waals surface area (Å²) in [6, 6.07) is 7.47. The van der Waals surface area contributed by atoms with Gasteiger partial charge in [-0.1, -0.05) is 38.2 Å². The molecule has 1 aromatic carbocycles. The Balaban J connectivity index is 1.89. The Morgan fingerprint density at radius 2 is 2.10 bits per heavy atom.